The van der Waals surface area contributed by atoms with Crippen molar-refractivity contribution in [3.8, 4) is 0 Å². The normalized spacial score (nSPS) is 12.2. The maximum atomic E-state index is 10.0. The number of rotatable bonds is 2. The van der Waals surface area contributed by atoms with Crippen molar-refractivity contribution in [2.75, 3.05) is 0 Å². The molecular weight excluding hydrogens is 270 g/mol. The molecule has 56 valence electrons. The van der Waals surface area contributed by atoms with Gasteiger partial charge in [-0.3, -0.25) is 15.5 Å². The SMILES string of the molecule is N=C(Br)/C(=C(\N)Br)[N+](=O)[O-]. The Morgan fingerprint density at radius 2 is 2.00 bits per heavy atom. The van der Waals surface area contributed by atoms with Gasteiger partial charge in [-0.25, -0.2) is 0 Å². The number of nitrogens with one attached hydrogen (secondary N) is 1. The van der Waals surface area contributed by atoms with Crippen LogP contribution in [-0.2, 0) is 0 Å². The van der Waals surface area contributed by atoms with Gasteiger partial charge in [0.05, 0.1) is 4.92 Å². The standard InChI is InChI=1S/C3H3Br2N3O2/c4-2(6)1(3(5)7)8(9)10/h6H,7H2/b3-1+,6-2?. The molecule has 0 radical (unpaired) electrons. The monoisotopic (exact) mass is 271 g/mol. The average Bonchev–Trinajstić information content (AvgIpc) is 1.59. The van der Waals surface area contributed by atoms with E-state index in [4.69, 9.17) is 11.1 Å². The highest BCUT2D eigenvalue weighted by atomic mass is 79.9. The lowest BCUT2D eigenvalue weighted by atomic mass is 10.5. The Hall–Kier alpha value is -0.430. The van der Waals surface area contributed by atoms with E-state index in [0.717, 1.165) is 0 Å². The van der Waals surface area contributed by atoms with Gasteiger partial charge in [0.1, 0.15) is 0 Å². The van der Waals surface area contributed by atoms with E-state index in [1.165, 1.54) is 0 Å². The highest BCUT2D eigenvalue weighted by Crippen LogP contribution is 2.10. The van der Waals surface area contributed by atoms with E-state index in [9.17, 15) is 10.1 Å². The summed E-state index contributed by atoms with van der Waals surface area (Å²) in [6.07, 6.45) is 0. The van der Waals surface area contributed by atoms with Crippen LogP contribution in [0, 0.1) is 15.5 Å². The van der Waals surface area contributed by atoms with Gasteiger partial charge in [-0.15, -0.1) is 0 Å². The van der Waals surface area contributed by atoms with Crippen LogP contribution in [0.15, 0.2) is 10.3 Å². The molecule has 0 spiro atoms. The third kappa shape index (κ3) is 2.44. The zero-order chi connectivity index (χ0) is 8.31. The van der Waals surface area contributed by atoms with E-state index in [-0.39, 0.29) is 9.23 Å². The maximum absolute atomic E-state index is 10.0. The Balaban J connectivity index is 4.79. The van der Waals surface area contributed by atoms with Gasteiger partial charge < -0.3 is 5.73 Å². The largest absolute Gasteiger partial charge is 0.387 e. The van der Waals surface area contributed by atoms with Gasteiger partial charge in [-0.2, -0.15) is 0 Å². The fraction of sp³-hybridized carbons (Fsp3) is 0. The maximum Gasteiger partial charge on any atom is 0.330 e. The first kappa shape index (κ1) is 9.57. The Kier molecular flexibility index (Phi) is 3.51. The minimum absolute atomic E-state index is 0.167. The van der Waals surface area contributed by atoms with Gasteiger partial charge in [0.15, 0.2) is 9.23 Å². The number of halogens is 2. The molecular formula is C3H3Br2N3O2. The van der Waals surface area contributed by atoms with Crippen LogP contribution in [0.1, 0.15) is 0 Å². The molecule has 0 saturated carbocycles. The topological polar surface area (TPSA) is 93.0 Å². The lowest BCUT2D eigenvalue weighted by molar-refractivity contribution is -0.415. The van der Waals surface area contributed by atoms with Crippen molar-refractivity contribution in [3.05, 3.63) is 20.4 Å². The lowest BCUT2D eigenvalue weighted by Crippen LogP contribution is -2.10. The van der Waals surface area contributed by atoms with E-state index >= 15 is 0 Å². The highest BCUT2D eigenvalue weighted by molar-refractivity contribution is 9.18. The van der Waals surface area contributed by atoms with E-state index < -0.39 is 10.6 Å². The van der Waals surface area contributed by atoms with Gasteiger partial charge in [0.25, 0.3) is 0 Å². The molecule has 0 aromatic rings. The van der Waals surface area contributed by atoms with E-state index in [0.29, 0.717) is 0 Å². The highest BCUT2D eigenvalue weighted by Gasteiger charge is 2.18. The van der Waals surface area contributed by atoms with Gasteiger partial charge in [-0.1, -0.05) is 0 Å². The first-order valence-electron chi connectivity index (χ1n) is 2.01. The number of nitrogens with two attached hydrogens (primary N) is 1. The summed E-state index contributed by atoms with van der Waals surface area (Å²) < 4.78 is -0.522. The number of hydrogen-bond acceptors (Lipinski definition) is 4. The van der Waals surface area contributed by atoms with Crippen LogP contribution < -0.4 is 5.73 Å². The molecule has 0 rings (SSSR count). The quantitative estimate of drug-likeness (QED) is 0.342. The minimum atomic E-state index is -0.749. The van der Waals surface area contributed by atoms with Crippen LogP contribution in [0.4, 0.5) is 0 Å². The summed E-state index contributed by atoms with van der Waals surface area (Å²) in [7, 11) is 0. The second-order valence-corrected chi connectivity index (χ2v) is 2.91. The molecule has 0 aromatic carbocycles. The predicted molar refractivity (Wildman–Crippen MR) is 43.8 cm³/mol. The first-order valence-corrected chi connectivity index (χ1v) is 3.59. The number of hydrogen-bond donors (Lipinski definition) is 2. The van der Waals surface area contributed by atoms with Crippen LogP contribution >= 0.6 is 31.9 Å². The molecule has 0 fully saturated rings. The molecule has 5 nitrogen and oxygen atoms in total. The summed E-state index contributed by atoms with van der Waals surface area (Å²) in [5.41, 5.74) is 4.55. The summed E-state index contributed by atoms with van der Waals surface area (Å²) in [6.45, 7) is 0. The zero-order valence-corrected chi connectivity index (χ0v) is 7.77. The van der Waals surface area contributed by atoms with Gasteiger partial charge in [-0.05, 0) is 31.9 Å². The van der Waals surface area contributed by atoms with Crippen LogP contribution in [0.2, 0.25) is 0 Å². The molecule has 0 aliphatic heterocycles. The number of nitro groups is 1. The Morgan fingerprint density at radius 1 is 1.60 bits per heavy atom. The molecule has 0 unspecified atom stereocenters. The smallest absolute Gasteiger partial charge is 0.330 e. The van der Waals surface area contributed by atoms with Crippen LogP contribution in [0.5, 0.6) is 0 Å². The Morgan fingerprint density at radius 3 is 2.00 bits per heavy atom. The molecule has 0 saturated heterocycles. The number of allylic oxidation sites excluding steroid dienone is 1. The Bertz CT molecular complexity index is 192. The molecule has 7 heteroatoms. The van der Waals surface area contributed by atoms with Crippen molar-refractivity contribution < 1.29 is 4.92 Å². The fourth-order valence-corrected chi connectivity index (χ4v) is 1.24. The molecule has 0 aliphatic carbocycles. The van der Waals surface area contributed by atoms with Crippen LogP contribution in [0.25, 0.3) is 0 Å². The second kappa shape index (κ2) is 3.67. The first-order chi connectivity index (χ1) is 4.46. The Labute approximate surface area is 73.2 Å². The minimum Gasteiger partial charge on any atom is -0.387 e. The summed E-state index contributed by atoms with van der Waals surface area (Å²) in [4.78, 5) is 9.30. The second-order valence-electron chi connectivity index (χ2n) is 1.27. The third-order valence-corrected chi connectivity index (χ3v) is 1.37. The summed E-state index contributed by atoms with van der Waals surface area (Å²) >= 11 is 5.30. The average molecular weight is 273 g/mol. The fourth-order valence-electron chi connectivity index (χ4n) is 0.272. The van der Waals surface area contributed by atoms with Crippen LogP contribution in [-0.4, -0.2) is 9.54 Å². The zero-order valence-electron chi connectivity index (χ0n) is 4.60. The molecule has 0 aromatic heterocycles. The molecule has 10 heavy (non-hydrogen) atoms. The van der Waals surface area contributed by atoms with E-state index in [2.05, 4.69) is 31.9 Å². The van der Waals surface area contributed by atoms with Crippen LogP contribution in [0.3, 0.4) is 0 Å². The number of nitrogens with zero attached hydrogens (tertiary/aromatic N) is 1. The predicted octanol–water partition coefficient (Wildman–Crippen LogP) is 1.16. The summed E-state index contributed by atoms with van der Waals surface area (Å²) in [6, 6.07) is 0. The van der Waals surface area contributed by atoms with Crippen molar-refractivity contribution in [3.63, 3.8) is 0 Å². The van der Waals surface area contributed by atoms with Crippen molar-refractivity contribution >= 4 is 36.5 Å². The molecule has 0 heterocycles. The summed E-state index contributed by atoms with van der Waals surface area (Å²) in [5, 5.41) is 16.9. The van der Waals surface area contributed by atoms with Gasteiger partial charge >= 0.3 is 5.70 Å². The van der Waals surface area contributed by atoms with Crippen molar-refractivity contribution in [1.82, 2.24) is 0 Å². The molecule has 0 bridgehead atoms. The molecule has 0 aliphatic rings. The van der Waals surface area contributed by atoms with Crippen molar-refractivity contribution in [2.45, 2.75) is 0 Å². The lowest BCUT2D eigenvalue weighted by Gasteiger charge is -1.92. The van der Waals surface area contributed by atoms with Gasteiger partial charge in [0.2, 0.25) is 0 Å². The molecule has 0 atom stereocenters. The van der Waals surface area contributed by atoms with E-state index in [1.807, 2.05) is 0 Å². The third-order valence-electron chi connectivity index (χ3n) is 0.617. The van der Waals surface area contributed by atoms with Crippen molar-refractivity contribution in [1.29, 1.82) is 5.41 Å². The molecule has 3 N–H and O–H groups in total. The van der Waals surface area contributed by atoms with Gasteiger partial charge in [0, 0.05) is 0 Å². The summed E-state index contributed by atoms with van der Waals surface area (Å²) in [5.74, 6) is 0. The molecule has 0 amide bonds. The van der Waals surface area contributed by atoms with E-state index in [1.54, 1.807) is 0 Å². The van der Waals surface area contributed by atoms with Crippen molar-refractivity contribution in [2.24, 2.45) is 5.73 Å².